The Kier molecular flexibility index (Phi) is 6.27. The van der Waals surface area contributed by atoms with Crippen LogP contribution in [0.3, 0.4) is 0 Å². The number of carbonyl (C=O) groups is 1. The van der Waals surface area contributed by atoms with Gasteiger partial charge in [-0.2, -0.15) is 0 Å². The van der Waals surface area contributed by atoms with E-state index in [1.165, 1.54) is 0 Å². The lowest BCUT2D eigenvalue weighted by molar-refractivity contribution is -0.127. The quantitative estimate of drug-likeness (QED) is 0.455. The predicted octanol–water partition coefficient (Wildman–Crippen LogP) is 2.88. The minimum absolute atomic E-state index is 0.225. The normalized spacial score (nSPS) is 13.2. The first-order chi connectivity index (χ1) is 15.1. The van der Waals surface area contributed by atoms with Crippen LogP contribution in [0.1, 0.15) is 30.5 Å². The molecular formula is C24H25N5O2. The van der Waals surface area contributed by atoms with E-state index < -0.39 is 0 Å². The van der Waals surface area contributed by atoms with Crippen LogP contribution in [0.2, 0.25) is 0 Å². The summed E-state index contributed by atoms with van der Waals surface area (Å²) in [4.78, 5) is 29.1. The molecule has 1 saturated heterocycles. The van der Waals surface area contributed by atoms with Crippen LogP contribution in [0.4, 0.5) is 5.69 Å². The Hall–Kier alpha value is -3.66. The van der Waals surface area contributed by atoms with E-state index in [0.717, 1.165) is 30.6 Å². The van der Waals surface area contributed by atoms with E-state index in [0.29, 0.717) is 42.3 Å². The van der Waals surface area contributed by atoms with Crippen molar-refractivity contribution in [3.8, 4) is 17.7 Å². The highest BCUT2D eigenvalue weighted by Gasteiger charge is 2.19. The minimum atomic E-state index is 0.225. The van der Waals surface area contributed by atoms with Crippen molar-refractivity contribution in [2.45, 2.75) is 19.3 Å². The summed E-state index contributed by atoms with van der Waals surface area (Å²) in [5, 5.41) is 0. The zero-order chi connectivity index (χ0) is 21.6. The largest absolute Gasteiger partial charge is 0.476 e. The van der Waals surface area contributed by atoms with E-state index in [1.807, 2.05) is 60.3 Å². The van der Waals surface area contributed by atoms with Gasteiger partial charge in [0.05, 0.1) is 6.61 Å². The fraction of sp³-hybridized carbons (Fsp3) is 0.333. The van der Waals surface area contributed by atoms with Crippen LogP contribution in [0.5, 0.6) is 5.88 Å². The fourth-order valence-electron chi connectivity index (χ4n) is 3.42. The molecule has 1 fully saturated rings. The van der Waals surface area contributed by atoms with Gasteiger partial charge in [-0.1, -0.05) is 12.0 Å². The molecule has 31 heavy (non-hydrogen) atoms. The van der Waals surface area contributed by atoms with Crippen LogP contribution in [0, 0.1) is 11.8 Å². The van der Waals surface area contributed by atoms with Crippen LogP contribution < -0.4 is 9.64 Å². The monoisotopic (exact) mass is 415 g/mol. The summed E-state index contributed by atoms with van der Waals surface area (Å²) >= 11 is 0. The lowest BCUT2D eigenvalue weighted by atomic mass is 10.2. The molecule has 7 heteroatoms. The maximum absolute atomic E-state index is 11.8. The van der Waals surface area contributed by atoms with Crippen LogP contribution in [0.15, 0.2) is 42.6 Å². The second-order valence-corrected chi connectivity index (χ2v) is 7.60. The molecule has 1 aliphatic heterocycles. The van der Waals surface area contributed by atoms with Crippen molar-refractivity contribution < 1.29 is 9.53 Å². The van der Waals surface area contributed by atoms with Crippen molar-refractivity contribution in [3.05, 3.63) is 53.9 Å². The maximum atomic E-state index is 11.8. The predicted molar refractivity (Wildman–Crippen MR) is 120 cm³/mol. The van der Waals surface area contributed by atoms with Crippen LogP contribution >= 0.6 is 0 Å². The van der Waals surface area contributed by atoms with Gasteiger partial charge in [-0.25, -0.2) is 15.0 Å². The Bertz CT molecular complexity index is 1150. The van der Waals surface area contributed by atoms with Gasteiger partial charge in [0.1, 0.15) is 5.52 Å². The Balaban J connectivity index is 1.54. The molecule has 7 nitrogen and oxygen atoms in total. The molecular weight excluding hydrogens is 390 g/mol. The molecule has 0 atom stereocenters. The molecule has 0 aliphatic carbocycles. The molecule has 1 aromatic carbocycles. The molecule has 0 spiro atoms. The third kappa shape index (κ3) is 5.10. The van der Waals surface area contributed by atoms with Crippen LogP contribution in [0.25, 0.3) is 11.2 Å². The molecule has 4 rings (SSSR count). The molecule has 0 bridgehead atoms. The minimum Gasteiger partial charge on any atom is -0.476 e. The van der Waals surface area contributed by atoms with Gasteiger partial charge in [0.25, 0.3) is 0 Å². The number of likely N-dealkylation sites (tertiary alicyclic amines) is 1. The van der Waals surface area contributed by atoms with Gasteiger partial charge in [0.2, 0.25) is 11.8 Å². The molecule has 0 unspecified atom stereocenters. The van der Waals surface area contributed by atoms with Gasteiger partial charge in [0, 0.05) is 51.1 Å². The van der Waals surface area contributed by atoms with E-state index >= 15 is 0 Å². The molecule has 0 saturated carbocycles. The summed E-state index contributed by atoms with van der Waals surface area (Å²) in [6.07, 6.45) is 4.01. The average molecular weight is 415 g/mol. The summed E-state index contributed by atoms with van der Waals surface area (Å²) in [5.74, 6) is 6.89. The van der Waals surface area contributed by atoms with Gasteiger partial charge >= 0.3 is 0 Å². The molecule has 1 amide bonds. The first-order valence-corrected chi connectivity index (χ1v) is 10.4. The van der Waals surface area contributed by atoms with Gasteiger partial charge in [-0.3, -0.25) is 4.79 Å². The number of amides is 1. The van der Waals surface area contributed by atoms with E-state index in [1.54, 1.807) is 6.20 Å². The molecule has 1 aliphatic rings. The van der Waals surface area contributed by atoms with Gasteiger partial charge in [-0.05, 0) is 49.1 Å². The topological polar surface area (TPSA) is 71.5 Å². The zero-order valence-corrected chi connectivity index (χ0v) is 17.8. The smallest absolute Gasteiger partial charge is 0.249 e. The van der Waals surface area contributed by atoms with Crippen LogP contribution in [-0.2, 0) is 4.79 Å². The van der Waals surface area contributed by atoms with Crippen molar-refractivity contribution in [1.82, 2.24) is 19.9 Å². The fourth-order valence-corrected chi connectivity index (χ4v) is 3.42. The maximum Gasteiger partial charge on any atom is 0.249 e. The lowest BCUT2D eigenvalue weighted by Gasteiger charge is -2.15. The Morgan fingerprint density at radius 3 is 2.87 bits per heavy atom. The second kappa shape index (κ2) is 9.43. The standard InChI is InChI=1S/C24H25N5O2/c1-28(2)19-8-3-7-18(17-19)11-12-21-24(27-20-9-4-13-25-23(20)26-21)31-16-6-15-29-14-5-10-22(29)30/h3-4,7-9,13,17H,5-6,10,14-16H2,1-2H3. The van der Waals surface area contributed by atoms with Gasteiger partial charge in [0.15, 0.2) is 11.3 Å². The summed E-state index contributed by atoms with van der Waals surface area (Å²) in [6.45, 7) is 1.97. The number of anilines is 1. The Morgan fingerprint density at radius 2 is 2.06 bits per heavy atom. The summed E-state index contributed by atoms with van der Waals surface area (Å²) < 4.78 is 5.94. The number of rotatable bonds is 6. The van der Waals surface area contributed by atoms with Gasteiger partial charge in [-0.15, -0.1) is 0 Å². The average Bonchev–Trinajstić information content (AvgIpc) is 3.19. The highest BCUT2D eigenvalue weighted by molar-refractivity contribution is 5.78. The highest BCUT2D eigenvalue weighted by Crippen LogP contribution is 2.18. The Labute approximate surface area is 182 Å². The second-order valence-electron chi connectivity index (χ2n) is 7.60. The SMILES string of the molecule is CN(C)c1cccc(C#Cc2nc3ncccc3nc2OCCCN2CCCC2=O)c1. The number of hydrogen-bond acceptors (Lipinski definition) is 6. The molecule has 2 aromatic heterocycles. The number of aromatic nitrogens is 3. The number of pyridine rings is 1. The number of benzene rings is 1. The lowest BCUT2D eigenvalue weighted by Crippen LogP contribution is -2.26. The summed E-state index contributed by atoms with van der Waals surface area (Å²) in [6, 6.07) is 11.7. The van der Waals surface area contributed by atoms with E-state index in [9.17, 15) is 4.79 Å². The molecule has 3 heterocycles. The molecule has 158 valence electrons. The number of fused-ring (bicyclic) bond motifs is 1. The van der Waals surface area contributed by atoms with Crippen molar-refractivity contribution in [2.75, 3.05) is 38.7 Å². The van der Waals surface area contributed by atoms with E-state index in [4.69, 9.17) is 4.74 Å². The number of carbonyl (C=O) groups excluding carboxylic acids is 1. The zero-order valence-electron chi connectivity index (χ0n) is 17.8. The third-order valence-electron chi connectivity index (χ3n) is 5.08. The number of nitrogens with zero attached hydrogens (tertiary/aromatic N) is 5. The van der Waals surface area contributed by atoms with Gasteiger partial charge < -0.3 is 14.5 Å². The Morgan fingerprint density at radius 1 is 1.16 bits per heavy atom. The van der Waals surface area contributed by atoms with Crippen molar-refractivity contribution >= 4 is 22.8 Å². The first-order valence-electron chi connectivity index (χ1n) is 10.4. The van der Waals surface area contributed by atoms with E-state index in [2.05, 4.69) is 26.8 Å². The highest BCUT2D eigenvalue weighted by atomic mass is 16.5. The van der Waals surface area contributed by atoms with E-state index in [-0.39, 0.29) is 5.91 Å². The third-order valence-corrected chi connectivity index (χ3v) is 5.08. The molecule has 0 radical (unpaired) electrons. The first kappa shape index (κ1) is 20.6. The summed E-state index contributed by atoms with van der Waals surface area (Å²) in [5.41, 5.74) is 3.61. The van der Waals surface area contributed by atoms with Crippen LogP contribution in [-0.4, -0.2) is 59.6 Å². The summed E-state index contributed by atoms with van der Waals surface area (Å²) in [7, 11) is 3.99. The van der Waals surface area contributed by atoms with Crippen molar-refractivity contribution in [2.24, 2.45) is 0 Å². The van der Waals surface area contributed by atoms with Crippen molar-refractivity contribution in [1.29, 1.82) is 0 Å². The van der Waals surface area contributed by atoms with Crippen molar-refractivity contribution in [3.63, 3.8) is 0 Å². The number of ether oxygens (including phenoxy) is 1. The molecule has 3 aromatic rings. The number of hydrogen-bond donors (Lipinski definition) is 0. The molecule has 0 N–H and O–H groups in total.